The van der Waals surface area contributed by atoms with E-state index < -0.39 is 0 Å². The van der Waals surface area contributed by atoms with Crippen molar-refractivity contribution in [1.29, 1.82) is 0 Å². The molecule has 0 radical (unpaired) electrons. The summed E-state index contributed by atoms with van der Waals surface area (Å²) in [6.07, 6.45) is 2.77. The first kappa shape index (κ1) is 10.1. The molecule has 72 valence electrons. The van der Waals surface area contributed by atoms with E-state index in [1.165, 1.54) is 6.20 Å². The van der Waals surface area contributed by atoms with Gasteiger partial charge in [0.15, 0.2) is 0 Å². The number of hydrogen-bond donors (Lipinski definition) is 1. The van der Waals surface area contributed by atoms with Gasteiger partial charge in [0.25, 0.3) is 0 Å². The molecule has 0 spiro atoms. The van der Waals surface area contributed by atoms with Crippen LogP contribution in [0.25, 0.3) is 0 Å². The van der Waals surface area contributed by atoms with E-state index >= 15 is 0 Å². The van der Waals surface area contributed by atoms with Crippen LogP contribution >= 0.6 is 0 Å². The first-order valence-electron chi connectivity index (χ1n) is 4.05. The van der Waals surface area contributed by atoms with Crippen LogP contribution in [-0.2, 0) is 4.74 Å². The lowest BCUT2D eigenvalue weighted by molar-refractivity contribution is 0.169. The zero-order chi connectivity index (χ0) is 9.68. The van der Waals surface area contributed by atoms with Crippen molar-refractivity contribution in [2.75, 3.05) is 20.8 Å². The quantitative estimate of drug-likeness (QED) is 0.761. The molecule has 0 fully saturated rings. The van der Waals surface area contributed by atoms with Gasteiger partial charge in [0.1, 0.15) is 5.82 Å². The molecule has 1 unspecified atom stereocenters. The maximum Gasteiger partial charge on any atom is 0.146 e. The second kappa shape index (κ2) is 4.89. The third-order valence-corrected chi connectivity index (χ3v) is 1.86. The van der Waals surface area contributed by atoms with Gasteiger partial charge in [-0.05, 0) is 13.1 Å². The molecule has 1 aromatic heterocycles. The Kier molecular flexibility index (Phi) is 3.79. The minimum absolute atomic E-state index is 0.118. The van der Waals surface area contributed by atoms with E-state index in [0.29, 0.717) is 12.2 Å². The monoisotopic (exact) mass is 184 g/mol. The van der Waals surface area contributed by atoms with Gasteiger partial charge in [0, 0.05) is 18.9 Å². The number of nitrogens with one attached hydrogen (secondary N) is 1. The molecule has 1 heterocycles. The average Bonchev–Trinajstić information content (AvgIpc) is 2.16. The molecule has 3 nitrogen and oxygen atoms in total. The molecule has 4 heteroatoms. The highest BCUT2D eigenvalue weighted by Crippen LogP contribution is 2.15. The van der Waals surface area contributed by atoms with E-state index in [2.05, 4.69) is 10.3 Å². The van der Waals surface area contributed by atoms with Crippen molar-refractivity contribution in [2.45, 2.75) is 6.04 Å². The Morgan fingerprint density at radius 3 is 3.00 bits per heavy atom. The summed E-state index contributed by atoms with van der Waals surface area (Å²) >= 11 is 0. The summed E-state index contributed by atoms with van der Waals surface area (Å²) < 4.78 is 18.1. The lowest BCUT2D eigenvalue weighted by Gasteiger charge is -2.15. The molecule has 1 atom stereocenters. The number of nitrogens with zero attached hydrogens (tertiary/aromatic N) is 1. The molecule has 0 amide bonds. The number of hydrogen-bond acceptors (Lipinski definition) is 3. The fourth-order valence-corrected chi connectivity index (χ4v) is 1.16. The fourth-order valence-electron chi connectivity index (χ4n) is 1.16. The normalized spacial score (nSPS) is 12.8. The van der Waals surface area contributed by atoms with Crippen LogP contribution in [0.5, 0.6) is 0 Å². The Morgan fingerprint density at radius 1 is 1.69 bits per heavy atom. The van der Waals surface area contributed by atoms with Crippen molar-refractivity contribution in [2.24, 2.45) is 0 Å². The summed E-state index contributed by atoms with van der Waals surface area (Å²) in [6.45, 7) is 0.442. The Bertz CT molecular complexity index is 268. The smallest absolute Gasteiger partial charge is 0.146 e. The number of rotatable bonds is 4. The zero-order valence-corrected chi connectivity index (χ0v) is 7.75. The van der Waals surface area contributed by atoms with E-state index in [0.717, 1.165) is 0 Å². The highest BCUT2D eigenvalue weighted by molar-refractivity contribution is 5.17. The van der Waals surface area contributed by atoms with Crippen LogP contribution in [0.2, 0.25) is 0 Å². The van der Waals surface area contributed by atoms with Crippen LogP contribution in [0.15, 0.2) is 18.5 Å². The standard InChI is InChI=1S/C9H13FN2O/c1-11-9(6-13-2)7-3-4-12-5-8(7)10/h3-5,9,11H,6H2,1-2H3. The number of ether oxygens (including phenoxy) is 1. The summed E-state index contributed by atoms with van der Waals surface area (Å²) in [5.41, 5.74) is 0.583. The molecule has 0 bridgehead atoms. The SMILES string of the molecule is CNC(COC)c1ccncc1F. The summed E-state index contributed by atoms with van der Waals surface area (Å²) in [7, 11) is 3.35. The second-order valence-electron chi connectivity index (χ2n) is 2.69. The third kappa shape index (κ3) is 2.47. The number of aromatic nitrogens is 1. The van der Waals surface area contributed by atoms with Crippen LogP contribution < -0.4 is 5.32 Å². The minimum atomic E-state index is -0.307. The minimum Gasteiger partial charge on any atom is -0.383 e. The van der Waals surface area contributed by atoms with Crippen molar-refractivity contribution in [3.05, 3.63) is 29.8 Å². The lowest BCUT2D eigenvalue weighted by Crippen LogP contribution is -2.22. The first-order valence-corrected chi connectivity index (χ1v) is 4.05. The van der Waals surface area contributed by atoms with E-state index in [1.807, 2.05) is 0 Å². The van der Waals surface area contributed by atoms with Gasteiger partial charge in [-0.2, -0.15) is 0 Å². The van der Waals surface area contributed by atoms with Crippen LogP contribution in [0, 0.1) is 5.82 Å². The van der Waals surface area contributed by atoms with Gasteiger partial charge in [-0.25, -0.2) is 4.39 Å². The van der Waals surface area contributed by atoms with Crippen molar-refractivity contribution >= 4 is 0 Å². The average molecular weight is 184 g/mol. The topological polar surface area (TPSA) is 34.1 Å². The van der Waals surface area contributed by atoms with Gasteiger partial charge < -0.3 is 10.1 Å². The van der Waals surface area contributed by atoms with E-state index in [1.54, 1.807) is 26.4 Å². The Labute approximate surface area is 76.9 Å². The van der Waals surface area contributed by atoms with Crippen molar-refractivity contribution in [3.8, 4) is 0 Å². The molecule has 1 N–H and O–H groups in total. The summed E-state index contributed by atoms with van der Waals surface area (Å²) in [5, 5.41) is 2.97. The van der Waals surface area contributed by atoms with Crippen LogP contribution in [-0.4, -0.2) is 25.7 Å². The summed E-state index contributed by atoms with van der Waals surface area (Å²) in [6, 6.07) is 1.53. The first-order chi connectivity index (χ1) is 6.29. The van der Waals surface area contributed by atoms with Crippen molar-refractivity contribution in [3.63, 3.8) is 0 Å². The number of pyridine rings is 1. The molecule has 1 rings (SSSR count). The largest absolute Gasteiger partial charge is 0.383 e. The second-order valence-corrected chi connectivity index (χ2v) is 2.69. The maximum absolute atomic E-state index is 13.2. The van der Waals surface area contributed by atoms with Gasteiger partial charge in [-0.3, -0.25) is 4.98 Å². The molecule has 0 aromatic carbocycles. The van der Waals surface area contributed by atoms with Gasteiger partial charge in [-0.15, -0.1) is 0 Å². The zero-order valence-electron chi connectivity index (χ0n) is 7.75. The lowest BCUT2D eigenvalue weighted by atomic mass is 10.1. The molecule has 13 heavy (non-hydrogen) atoms. The Morgan fingerprint density at radius 2 is 2.46 bits per heavy atom. The van der Waals surface area contributed by atoms with Gasteiger partial charge in [-0.1, -0.05) is 0 Å². The van der Waals surface area contributed by atoms with E-state index in [-0.39, 0.29) is 11.9 Å². The van der Waals surface area contributed by atoms with Gasteiger partial charge in [0.05, 0.1) is 18.8 Å². The number of halogens is 1. The molecule has 0 saturated carbocycles. The molecule has 1 aromatic rings. The Balaban J connectivity index is 2.84. The highest BCUT2D eigenvalue weighted by atomic mass is 19.1. The van der Waals surface area contributed by atoms with Crippen LogP contribution in [0.3, 0.4) is 0 Å². The van der Waals surface area contributed by atoms with E-state index in [9.17, 15) is 4.39 Å². The van der Waals surface area contributed by atoms with Crippen LogP contribution in [0.1, 0.15) is 11.6 Å². The number of methoxy groups -OCH3 is 1. The molecular weight excluding hydrogens is 171 g/mol. The molecule has 0 aliphatic rings. The fraction of sp³-hybridized carbons (Fsp3) is 0.444. The molecule has 0 saturated heterocycles. The molecule has 0 aliphatic carbocycles. The summed E-state index contributed by atoms with van der Waals surface area (Å²) in [4.78, 5) is 3.68. The van der Waals surface area contributed by atoms with Gasteiger partial charge in [0.2, 0.25) is 0 Å². The third-order valence-electron chi connectivity index (χ3n) is 1.86. The van der Waals surface area contributed by atoms with E-state index in [4.69, 9.17) is 4.74 Å². The van der Waals surface area contributed by atoms with Gasteiger partial charge >= 0.3 is 0 Å². The predicted molar refractivity (Wildman–Crippen MR) is 47.9 cm³/mol. The van der Waals surface area contributed by atoms with Crippen molar-refractivity contribution in [1.82, 2.24) is 10.3 Å². The predicted octanol–water partition coefficient (Wildman–Crippen LogP) is 1.13. The maximum atomic E-state index is 13.2. The Hall–Kier alpha value is -1.00. The highest BCUT2D eigenvalue weighted by Gasteiger charge is 2.12. The molecular formula is C9H13FN2O. The number of likely N-dealkylation sites (N-methyl/N-ethyl adjacent to an activating group) is 1. The molecule has 0 aliphatic heterocycles. The summed E-state index contributed by atoms with van der Waals surface area (Å²) in [5.74, 6) is -0.307. The van der Waals surface area contributed by atoms with Crippen LogP contribution in [0.4, 0.5) is 4.39 Å². The van der Waals surface area contributed by atoms with Crippen molar-refractivity contribution < 1.29 is 9.13 Å².